The minimum atomic E-state index is -0.805. The smallest absolute Gasteiger partial charge is 0.317 e. The number of piperidine rings is 1. The molecule has 3 rings (SSSR count). The number of likely N-dealkylation sites (tertiary alicyclic amines) is 1. The molecule has 2 heterocycles. The van der Waals surface area contributed by atoms with Gasteiger partial charge in [0.2, 0.25) is 5.91 Å². The van der Waals surface area contributed by atoms with Crippen LogP contribution in [-0.4, -0.2) is 59.5 Å². The lowest BCUT2D eigenvalue weighted by atomic mass is 10.0. The summed E-state index contributed by atoms with van der Waals surface area (Å²) in [6.45, 7) is 1.46. The lowest BCUT2D eigenvalue weighted by Gasteiger charge is -2.36. The van der Waals surface area contributed by atoms with Gasteiger partial charge in [-0.3, -0.25) is 14.5 Å². The fourth-order valence-electron chi connectivity index (χ4n) is 3.34. The molecule has 128 valence electrons. The number of likely N-dealkylation sites (N-methyl/N-ethyl adjacent to an activating group) is 1. The van der Waals surface area contributed by atoms with E-state index < -0.39 is 5.97 Å². The van der Waals surface area contributed by atoms with Crippen LogP contribution in [-0.2, 0) is 16.0 Å². The number of carbonyl (C=O) groups is 2. The van der Waals surface area contributed by atoms with Crippen LogP contribution < -0.4 is 0 Å². The monoisotopic (exact) mass is 346 g/mol. The second-order valence-electron chi connectivity index (χ2n) is 6.35. The molecule has 1 aliphatic rings. The van der Waals surface area contributed by atoms with Crippen LogP contribution in [0.25, 0.3) is 10.1 Å². The maximum atomic E-state index is 12.6. The van der Waals surface area contributed by atoms with Crippen molar-refractivity contribution in [3.63, 3.8) is 0 Å². The Morgan fingerprint density at radius 1 is 1.29 bits per heavy atom. The van der Waals surface area contributed by atoms with E-state index in [2.05, 4.69) is 17.5 Å². The molecule has 2 aromatic rings. The molecule has 0 spiro atoms. The quantitative estimate of drug-likeness (QED) is 0.903. The molecule has 0 atom stereocenters. The Hall–Kier alpha value is -1.92. The summed E-state index contributed by atoms with van der Waals surface area (Å²) in [4.78, 5) is 27.2. The van der Waals surface area contributed by atoms with Gasteiger partial charge in [-0.1, -0.05) is 18.2 Å². The van der Waals surface area contributed by atoms with Crippen molar-refractivity contribution in [1.82, 2.24) is 9.80 Å². The highest BCUT2D eigenvalue weighted by Gasteiger charge is 2.26. The zero-order valence-corrected chi connectivity index (χ0v) is 14.6. The van der Waals surface area contributed by atoms with Gasteiger partial charge in [-0.15, -0.1) is 11.3 Å². The molecule has 1 aliphatic heterocycles. The van der Waals surface area contributed by atoms with Crippen molar-refractivity contribution in [3.8, 4) is 0 Å². The van der Waals surface area contributed by atoms with Crippen LogP contribution in [0.5, 0.6) is 0 Å². The highest BCUT2D eigenvalue weighted by molar-refractivity contribution is 7.17. The van der Waals surface area contributed by atoms with Gasteiger partial charge in [0.15, 0.2) is 0 Å². The Labute approximate surface area is 145 Å². The summed E-state index contributed by atoms with van der Waals surface area (Å²) < 4.78 is 1.22. The Morgan fingerprint density at radius 2 is 2.00 bits per heavy atom. The van der Waals surface area contributed by atoms with Crippen LogP contribution in [0.1, 0.15) is 18.4 Å². The fourth-order valence-corrected chi connectivity index (χ4v) is 4.31. The average molecular weight is 346 g/mol. The number of thiophene rings is 1. The largest absolute Gasteiger partial charge is 0.480 e. The minimum absolute atomic E-state index is 0.0551. The van der Waals surface area contributed by atoms with Crippen molar-refractivity contribution in [2.75, 3.05) is 26.7 Å². The molecule has 1 aromatic carbocycles. The molecule has 1 N–H and O–H groups in total. The second-order valence-corrected chi connectivity index (χ2v) is 7.27. The lowest BCUT2D eigenvalue weighted by Crippen LogP contribution is -2.47. The Bertz CT molecular complexity index is 735. The topological polar surface area (TPSA) is 60.9 Å². The first kappa shape index (κ1) is 16.9. The molecule has 0 radical (unpaired) electrons. The van der Waals surface area contributed by atoms with E-state index in [1.54, 1.807) is 11.3 Å². The normalized spacial score (nSPS) is 16.0. The molecule has 0 unspecified atom stereocenters. The van der Waals surface area contributed by atoms with Gasteiger partial charge in [-0.2, -0.15) is 0 Å². The van der Waals surface area contributed by atoms with Crippen molar-refractivity contribution < 1.29 is 14.7 Å². The van der Waals surface area contributed by atoms with E-state index in [4.69, 9.17) is 5.11 Å². The number of carbonyl (C=O) groups excluding carboxylic acids is 1. The van der Waals surface area contributed by atoms with E-state index in [-0.39, 0.29) is 18.5 Å². The number of fused-ring (bicyclic) bond motifs is 1. The Morgan fingerprint density at radius 3 is 2.71 bits per heavy atom. The highest BCUT2D eigenvalue weighted by atomic mass is 32.1. The van der Waals surface area contributed by atoms with Crippen LogP contribution in [0.3, 0.4) is 0 Å². The van der Waals surface area contributed by atoms with Crippen molar-refractivity contribution in [2.24, 2.45) is 0 Å². The fraction of sp³-hybridized carbons (Fsp3) is 0.444. The van der Waals surface area contributed by atoms with Crippen LogP contribution in [0.2, 0.25) is 0 Å². The first-order valence-electron chi connectivity index (χ1n) is 8.19. The van der Waals surface area contributed by atoms with Gasteiger partial charge in [0.1, 0.15) is 0 Å². The highest BCUT2D eigenvalue weighted by Crippen LogP contribution is 2.26. The van der Waals surface area contributed by atoms with E-state index in [1.807, 2.05) is 29.0 Å². The number of benzene rings is 1. The van der Waals surface area contributed by atoms with E-state index in [0.29, 0.717) is 19.5 Å². The standard InChI is InChI=1S/C18H22N2O3S/c1-19(11-18(22)23)14-6-8-20(9-7-14)17(21)10-13-12-24-16-5-3-2-4-15(13)16/h2-5,12,14H,6-11H2,1H3,(H,22,23). The number of aliphatic carboxylic acids is 1. The Balaban J connectivity index is 1.56. The maximum absolute atomic E-state index is 12.6. The molecular formula is C18H22N2O3S. The van der Waals surface area contributed by atoms with Crippen LogP contribution >= 0.6 is 11.3 Å². The summed E-state index contributed by atoms with van der Waals surface area (Å²) in [6, 6.07) is 8.42. The van der Waals surface area contributed by atoms with E-state index >= 15 is 0 Å². The van der Waals surface area contributed by atoms with Gasteiger partial charge >= 0.3 is 5.97 Å². The molecule has 5 nitrogen and oxygen atoms in total. The van der Waals surface area contributed by atoms with Crippen LogP contribution in [0, 0.1) is 0 Å². The zero-order valence-electron chi connectivity index (χ0n) is 13.8. The molecule has 1 amide bonds. The molecular weight excluding hydrogens is 324 g/mol. The third kappa shape index (κ3) is 3.76. The van der Waals surface area contributed by atoms with Gasteiger partial charge in [0.05, 0.1) is 13.0 Å². The summed E-state index contributed by atoms with van der Waals surface area (Å²) in [6.07, 6.45) is 2.11. The van der Waals surface area contributed by atoms with Gasteiger partial charge in [-0.05, 0) is 42.3 Å². The first-order chi connectivity index (χ1) is 11.5. The predicted molar refractivity (Wildman–Crippen MR) is 95.4 cm³/mol. The maximum Gasteiger partial charge on any atom is 0.317 e. The van der Waals surface area contributed by atoms with Crippen molar-refractivity contribution in [1.29, 1.82) is 0 Å². The first-order valence-corrected chi connectivity index (χ1v) is 9.07. The molecule has 24 heavy (non-hydrogen) atoms. The van der Waals surface area contributed by atoms with Crippen molar-refractivity contribution in [3.05, 3.63) is 35.2 Å². The lowest BCUT2D eigenvalue weighted by molar-refractivity contribution is -0.139. The van der Waals surface area contributed by atoms with E-state index in [9.17, 15) is 9.59 Å². The minimum Gasteiger partial charge on any atom is -0.480 e. The number of hydrogen-bond acceptors (Lipinski definition) is 4. The number of carboxylic acids is 1. The SMILES string of the molecule is CN(CC(=O)O)C1CCN(C(=O)Cc2csc3ccccc23)CC1. The summed E-state index contributed by atoms with van der Waals surface area (Å²) in [5, 5.41) is 12.1. The number of nitrogens with zero attached hydrogens (tertiary/aromatic N) is 2. The third-order valence-electron chi connectivity index (χ3n) is 4.73. The van der Waals surface area contributed by atoms with Gasteiger partial charge in [0.25, 0.3) is 0 Å². The number of amides is 1. The predicted octanol–water partition coefficient (Wildman–Crippen LogP) is 2.45. The van der Waals surface area contributed by atoms with Gasteiger partial charge in [0, 0.05) is 23.8 Å². The van der Waals surface area contributed by atoms with E-state index in [1.165, 1.54) is 10.1 Å². The number of hydrogen-bond donors (Lipinski definition) is 1. The molecule has 1 fully saturated rings. The third-order valence-corrected chi connectivity index (χ3v) is 5.74. The number of rotatable bonds is 5. The summed E-state index contributed by atoms with van der Waals surface area (Å²) >= 11 is 1.68. The van der Waals surface area contributed by atoms with Crippen molar-refractivity contribution >= 4 is 33.3 Å². The summed E-state index contributed by atoms with van der Waals surface area (Å²) in [7, 11) is 1.84. The second kappa shape index (κ2) is 7.32. The van der Waals surface area contributed by atoms with Gasteiger partial charge in [-0.25, -0.2) is 0 Å². The summed E-state index contributed by atoms with van der Waals surface area (Å²) in [5.41, 5.74) is 1.10. The van der Waals surface area contributed by atoms with Crippen LogP contribution in [0.4, 0.5) is 0 Å². The average Bonchev–Trinajstić information content (AvgIpc) is 2.97. The molecule has 1 aromatic heterocycles. The molecule has 0 aliphatic carbocycles. The van der Waals surface area contributed by atoms with Crippen molar-refractivity contribution in [2.45, 2.75) is 25.3 Å². The Kier molecular flexibility index (Phi) is 5.16. The summed E-state index contributed by atoms with van der Waals surface area (Å²) in [5.74, 6) is -0.641. The van der Waals surface area contributed by atoms with Gasteiger partial charge < -0.3 is 10.0 Å². The molecule has 1 saturated heterocycles. The molecule has 6 heteroatoms. The number of carboxylic acid groups (broad SMARTS) is 1. The zero-order chi connectivity index (χ0) is 17.1. The molecule has 0 bridgehead atoms. The molecule has 0 saturated carbocycles. The van der Waals surface area contributed by atoms with Crippen LogP contribution in [0.15, 0.2) is 29.6 Å². The van der Waals surface area contributed by atoms with E-state index in [0.717, 1.165) is 18.4 Å².